The van der Waals surface area contributed by atoms with Crippen LogP contribution in [0.2, 0.25) is 0 Å². The molecule has 1 fully saturated rings. The molecular weight excluding hydrogens is 350 g/mol. The van der Waals surface area contributed by atoms with E-state index in [1.807, 2.05) is 26.8 Å². The van der Waals surface area contributed by atoms with Crippen molar-refractivity contribution >= 4 is 9.84 Å². The molecular formula is C19H25N3O3S. The molecule has 1 atom stereocenters. The monoisotopic (exact) mass is 375 g/mol. The molecule has 140 valence electrons. The summed E-state index contributed by atoms with van der Waals surface area (Å²) in [5.41, 5.74) is 2.06. The van der Waals surface area contributed by atoms with Gasteiger partial charge in [-0.15, -0.1) is 0 Å². The third kappa shape index (κ3) is 3.24. The van der Waals surface area contributed by atoms with Crippen LogP contribution in [0.25, 0.3) is 0 Å². The maximum Gasteiger partial charge on any atom is 0.171 e. The molecule has 0 saturated carbocycles. The fraction of sp³-hybridized carbons (Fsp3) is 0.579. The number of nitrogens with zero attached hydrogens (tertiary/aromatic N) is 3. The standard InChI is InChI=1S/C19H25N3O3S/c1-13-20-18(22(21-13)16-9-10-26(23,24)12-16)19(2,3)25-17-8-7-14-5-4-6-15(14)11-17/h7-8,11,16H,4-6,9-10,12H2,1-3H3/t16-/m0/s1. The van der Waals surface area contributed by atoms with Crippen LogP contribution < -0.4 is 4.74 Å². The van der Waals surface area contributed by atoms with Crippen molar-refractivity contribution in [3.05, 3.63) is 41.0 Å². The van der Waals surface area contributed by atoms with Crippen molar-refractivity contribution in [2.45, 2.75) is 58.1 Å². The summed E-state index contributed by atoms with van der Waals surface area (Å²) < 4.78 is 31.9. The van der Waals surface area contributed by atoms with E-state index in [4.69, 9.17) is 4.74 Å². The SMILES string of the molecule is Cc1nc(C(C)(C)Oc2ccc3c(c2)CCC3)n([C@H]2CCS(=O)(=O)C2)n1. The summed E-state index contributed by atoms with van der Waals surface area (Å²) in [4.78, 5) is 4.58. The highest BCUT2D eigenvalue weighted by Crippen LogP contribution is 2.33. The van der Waals surface area contributed by atoms with Crippen LogP contribution in [0, 0.1) is 6.92 Å². The molecule has 0 amide bonds. The molecule has 0 N–H and O–H groups in total. The van der Waals surface area contributed by atoms with Crippen molar-refractivity contribution in [2.24, 2.45) is 0 Å². The fourth-order valence-corrected chi connectivity index (χ4v) is 5.71. The van der Waals surface area contributed by atoms with Crippen LogP contribution in [0.1, 0.15) is 55.5 Å². The van der Waals surface area contributed by atoms with Crippen molar-refractivity contribution in [1.29, 1.82) is 0 Å². The van der Waals surface area contributed by atoms with Gasteiger partial charge >= 0.3 is 0 Å². The smallest absolute Gasteiger partial charge is 0.171 e. The second-order valence-electron chi connectivity index (χ2n) is 7.88. The first kappa shape index (κ1) is 17.5. The second kappa shape index (κ2) is 6.08. The maximum absolute atomic E-state index is 11.9. The minimum atomic E-state index is -2.99. The lowest BCUT2D eigenvalue weighted by molar-refractivity contribution is 0.0906. The minimum absolute atomic E-state index is 0.123. The van der Waals surface area contributed by atoms with Gasteiger partial charge in [0.25, 0.3) is 0 Å². The molecule has 6 nitrogen and oxygen atoms in total. The molecule has 2 aliphatic rings. The summed E-state index contributed by atoms with van der Waals surface area (Å²) in [6, 6.07) is 6.11. The van der Waals surface area contributed by atoms with Crippen LogP contribution in [0.15, 0.2) is 18.2 Å². The van der Waals surface area contributed by atoms with Crippen molar-refractivity contribution < 1.29 is 13.2 Å². The molecule has 4 rings (SSSR count). The number of ether oxygens (including phenoxy) is 1. The van der Waals surface area contributed by atoms with E-state index in [-0.39, 0.29) is 17.5 Å². The fourth-order valence-electron chi connectivity index (χ4n) is 4.02. The summed E-state index contributed by atoms with van der Waals surface area (Å²) in [6.07, 6.45) is 4.02. The van der Waals surface area contributed by atoms with Gasteiger partial charge in [0.1, 0.15) is 11.6 Å². The quantitative estimate of drug-likeness (QED) is 0.821. The molecule has 2 heterocycles. The summed E-state index contributed by atoms with van der Waals surface area (Å²) in [5, 5.41) is 4.49. The normalized spacial score (nSPS) is 21.7. The van der Waals surface area contributed by atoms with Crippen LogP contribution >= 0.6 is 0 Å². The highest BCUT2D eigenvalue weighted by atomic mass is 32.2. The number of sulfone groups is 1. The molecule has 1 aliphatic carbocycles. The van der Waals surface area contributed by atoms with Crippen molar-refractivity contribution in [1.82, 2.24) is 14.8 Å². The zero-order valence-electron chi connectivity index (χ0n) is 15.5. The second-order valence-corrected chi connectivity index (χ2v) is 10.1. The van der Waals surface area contributed by atoms with Gasteiger partial charge in [-0.2, -0.15) is 5.10 Å². The Morgan fingerprint density at radius 1 is 1.23 bits per heavy atom. The average molecular weight is 375 g/mol. The molecule has 1 aromatic carbocycles. The van der Waals surface area contributed by atoms with Gasteiger partial charge in [0.15, 0.2) is 21.3 Å². The van der Waals surface area contributed by atoms with Crippen LogP contribution in [0.5, 0.6) is 5.75 Å². The topological polar surface area (TPSA) is 74.1 Å². The Hall–Kier alpha value is -1.89. The van der Waals surface area contributed by atoms with Gasteiger partial charge in [-0.3, -0.25) is 0 Å². The Kier molecular flexibility index (Phi) is 4.10. The van der Waals surface area contributed by atoms with Gasteiger partial charge < -0.3 is 4.74 Å². The van der Waals surface area contributed by atoms with Gasteiger partial charge in [0.05, 0.1) is 17.5 Å². The lowest BCUT2D eigenvalue weighted by Crippen LogP contribution is -2.31. The average Bonchev–Trinajstić information content (AvgIpc) is 3.24. The van der Waals surface area contributed by atoms with E-state index in [0.717, 1.165) is 18.6 Å². The van der Waals surface area contributed by atoms with E-state index in [1.54, 1.807) is 4.68 Å². The summed E-state index contributed by atoms with van der Waals surface area (Å²) in [5.74, 6) is 2.47. The zero-order chi connectivity index (χ0) is 18.5. The minimum Gasteiger partial charge on any atom is -0.480 e. The molecule has 0 bridgehead atoms. The van der Waals surface area contributed by atoms with Crippen molar-refractivity contribution in [3.8, 4) is 5.75 Å². The van der Waals surface area contributed by atoms with Crippen LogP contribution in [-0.4, -0.2) is 34.7 Å². The zero-order valence-corrected chi connectivity index (χ0v) is 16.3. The Balaban J connectivity index is 1.64. The Bertz CT molecular complexity index is 947. The first-order chi connectivity index (χ1) is 12.2. The Morgan fingerprint density at radius 3 is 2.73 bits per heavy atom. The summed E-state index contributed by atoms with van der Waals surface area (Å²) in [6.45, 7) is 5.75. The van der Waals surface area contributed by atoms with Crippen LogP contribution in [0.4, 0.5) is 0 Å². The first-order valence-corrected chi connectivity index (χ1v) is 11.0. The molecule has 1 saturated heterocycles. The highest BCUT2D eigenvalue weighted by Gasteiger charge is 2.37. The van der Waals surface area contributed by atoms with E-state index in [1.165, 1.54) is 17.5 Å². The van der Waals surface area contributed by atoms with Crippen LogP contribution in [0.3, 0.4) is 0 Å². The maximum atomic E-state index is 11.9. The third-order valence-electron chi connectivity index (χ3n) is 5.27. The molecule has 26 heavy (non-hydrogen) atoms. The number of rotatable bonds is 4. The number of aromatic nitrogens is 3. The van der Waals surface area contributed by atoms with Crippen LogP contribution in [-0.2, 0) is 28.3 Å². The number of fused-ring (bicyclic) bond motifs is 1. The number of hydrogen-bond donors (Lipinski definition) is 0. The number of benzene rings is 1. The lowest BCUT2D eigenvalue weighted by Gasteiger charge is -2.27. The highest BCUT2D eigenvalue weighted by molar-refractivity contribution is 7.91. The first-order valence-electron chi connectivity index (χ1n) is 9.18. The summed E-state index contributed by atoms with van der Waals surface area (Å²) >= 11 is 0. The molecule has 0 unspecified atom stereocenters. The molecule has 2 aromatic rings. The van der Waals surface area contributed by atoms with E-state index in [9.17, 15) is 8.42 Å². The van der Waals surface area contributed by atoms with Gasteiger partial charge in [0, 0.05) is 0 Å². The largest absolute Gasteiger partial charge is 0.480 e. The summed E-state index contributed by atoms with van der Waals surface area (Å²) in [7, 11) is -2.99. The lowest BCUT2D eigenvalue weighted by atomic mass is 10.1. The van der Waals surface area contributed by atoms with Gasteiger partial charge in [-0.05, 0) is 69.7 Å². The predicted molar refractivity (Wildman–Crippen MR) is 99.2 cm³/mol. The Morgan fingerprint density at radius 2 is 2.00 bits per heavy atom. The predicted octanol–water partition coefficient (Wildman–Crippen LogP) is 2.75. The van der Waals surface area contributed by atoms with Gasteiger partial charge in [-0.1, -0.05) is 6.07 Å². The molecule has 0 spiro atoms. The number of hydrogen-bond acceptors (Lipinski definition) is 5. The third-order valence-corrected chi connectivity index (χ3v) is 7.02. The van der Waals surface area contributed by atoms with E-state index >= 15 is 0 Å². The van der Waals surface area contributed by atoms with E-state index in [0.29, 0.717) is 18.1 Å². The number of aryl methyl sites for hydroxylation is 3. The molecule has 7 heteroatoms. The Labute approximate surface area is 154 Å². The molecule has 1 aromatic heterocycles. The van der Waals surface area contributed by atoms with Crippen molar-refractivity contribution in [3.63, 3.8) is 0 Å². The van der Waals surface area contributed by atoms with E-state index < -0.39 is 15.4 Å². The van der Waals surface area contributed by atoms with Gasteiger partial charge in [0.2, 0.25) is 0 Å². The molecule has 1 aliphatic heterocycles. The molecule has 0 radical (unpaired) electrons. The van der Waals surface area contributed by atoms with E-state index in [2.05, 4.69) is 22.2 Å². The van der Waals surface area contributed by atoms with Gasteiger partial charge in [-0.25, -0.2) is 18.1 Å². The van der Waals surface area contributed by atoms with Crippen molar-refractivity contribution in [2.75, 3.05) is 11.5 Å².